The van der Waals surface area contributed by atoms with E-state index in [1.165, 1.54) is 41.2 Å². The molecule has 0 aliphatic carbocycles. The van der Waals surface area contributed by atoms with Gasteiger partial charge >= 0.3 is 0 Å². The highest BCUT2D eigenvalue weighted by molar-refractivity contribution is 7.99. The summed E-state index contributed by atoms with van der Waals surface area (Å²) < 4.78 is 5.42. The number of benzene rings is 1. The molecule has 0 bridgehead atoms. The topological polar surface area (TPSA) is 24.5 Å². The van der Waals surface area contributed by atoms with Gasteiger partial charge in [0.25, 0.3) is 0 Å². The van der Waals surface area contributed by atoms with Crippen LogP contribution in [0.2, 0.25) is 0 Å². The van der Waals surface area contributed by atoms with Crippen molar-refractivity contribution in [3.8, 4) is 0 Å². The Bertz CT molecular complexity index is 454. The summed E-state index contributed by atoms with van der Waals surface area (Å²) in [5, 5.41) is 3.77. The van der Waals surface area contributed by atoms with E-state index in [1.807, 2.05) is 0 Å². The maximum absolute atomic E-state index is 5.42. The number of ether oxygens (including phenoxy) is 1. The van der Waals surface area contributed by atoms with E-state index in [9.17, 15) is 0 Å². The van der Waals surface area contributed by atoms with Crippen molar-refractivity contribution in [1.82, 2.24) is 4.90 Å². The number of morpholine rings is 1. The minimum atomic E-state index is 0.656. The molecule has 2 aliphatic rings. The van der Waals surface area contributed by atoms with E-state index in [0.717, 1.165) is 32.8 Å². The first-order valence-electron chi connectivity index (χ1n) is 8.05. The van der Waals surface area contributed by atoms with E-state index in [-0.39, 0.29) is 0 Å². The normalized spacial score (nSPS) is 21.4. The van der Waals surface area contributed by atoms with Gasteiger partial charge in [-0.15, -0.1) is 0 Å². The third-order valence-corrected chi connectivity index (χ3v) is 5.44. The van der Waals surface area contributed by atoms with Gasteiger partial charge in [-0.2, -0.15) is 11.8 Å². The molecule has 1 aromatic carbocycles. The average Bonchev–Trinajstić information content (AvgIpc) is 2.53. The smallest absolute Gasteiger partial charge is 0.0594 e. The number of hydrogen-bond acceptors (Lipinski definition) is 4. The number of nitrogens with zero attached hydrogens (tertiary/aromatic N) is 1. The summed E-state index contributed by atoms with van der Waals surface area (Å²) in [7, 11) is 0. The van der Waals surface area contributed by atoms with Crippen LogP contribution in [0.5, 0.6) is 0 Å². The van der Waals surface area contributed by atoms with Gasteiger partial charge in [-0.3, -0.25) is 4.90 Å². The molecule has 0 radical (unpaired) electrons. The fourth-order valence-corrected chi connectivity index (χ4v) is 4.11. The molecule has 0 aromatic heterocycles. The van der Waals surface area contributed by atoms with E-state index in [1.54, 1.807) is 0 Å². The summed E-state index contributed by atoms with van der Waals surface area (Å²) >= 11 is 2.08. The number of aryl methyl sites for hydroxylation is 1. The Labute approximate surface area is 132 Å². The predicted molar refractivity (Wildman–Crippen MR) is 91.2 cm³/mol. The maximum Gasteiger partial charge on any atom is 0.0594 e. The number of thioether (sulfide) groups is 1. The highest BCUT2D eigenvalue weighted by Crippen LogP contribution is 2.24. The average molecular weight is 306 g/mol. The second-order valence-electron chi connectivity index (χ2n) is 6.07. The lowest BCUT2D eigenvalue weighted by Gasteiger charge is -2.28. The van der Waals surface area contributed by atoms with E-state index < -0.39 is 0 Å². The standard InChI is InChI=1S/C17H26N2OS/c1-14-2-3-15(13-19-6-8-20-9-7-19)12-17(14)18-16-4-10-21-11-5-16/h2-3,12,16,18H,4-11,13H2,1H3. The summed E-state index contributed by atoms with van der Waals surface area (Å²) in [6.45, 7) is 7.09. The number of rotatable bonds is 4. The minimum Gasteiger partial charge on any atom is -0.382 e. The van der Waals surface area contributed by atoms with Crippen LogP contribution in [0.3, 0.4) is 0 Å². The lowest BCUT2D eigenvalue weighted by Crippen LogP contribution is -2.35. The van der Waals surface area contributed by atoms with Crippen LogP contribution in [-0.2, 0) is 11.3 Å². The van der Waals surface area contributed by atoms with Gasteiger partial charge in [0, 0.05) is 31.4 Å². The number of nitrogens with one attached hydrogen (secondary N) is 1. The molecule has 2 saturated heterocycles. The Kier molecular flexibility index (Phi) is 5.44. The van der Waals surface area contributed by atoms with Gasteiger partial charge in [0.05, 0.1) is 13.2 Å². The molecule has 1 N–H and O–H groups in total. The first-order chi connectivity index (χ1) is 10.3. The van der Waals surface area contributed by atoms with E-state index in [0.29, 0.717) is 6.04 Å². The van der Waals surface area contributed by atoms with Crippen molar-refractivity contribution >= 4 is 17.4 Å². The highest BCUT2D eigenvalue weighted by Gasteiger charge is 2.15. The molecular weight excluding hydrogens is 280 g/mol. The van der Waals surface area contributed by atoms with E-state index in [2.05, 4.69) is 47.1 Å². The summed E-state index contributed by atoms with van der Waals surface area (Å²) in [5.41, 5.74) is 4.10. The molecule has 21 heavy (non-hydrogen) atoms. The molecule has 0 atom stereocenters. The quantitative estimate of drug-likeness (QED) is 0.923. The Balaban J connectivity index is 1.63. The zero-order valence-corrected chi connectivity index (χ0v) is 13.8. The Morgan fingerprint density at radius 1 is 1.24 bits per heavy atom. The van der Waals surface area contributed by atoms with Crippen LogP contribution in [0.4, 0.5) is 5.69 Å². The number of hydrogen-bond donors (Lipinski definition) is 1. The number of anilines is 1. The van der Waals surface area contributed by atoms with Crippen molar-refractivity contribution in [2.45, 2.75) is 32.4 Å². The van der Waals surface area contributed by atoms with Crippen molar-refractivity contribution in [1.29, 1.82) is 0 Å². The van der Waals surface area contributed by atoms with Crippen molar-refractivity contribution in [3.05, 3.63) is 29.3 Å². The fraction of sp³-hybridized carbons (Fsp3) is 0.647. The predicted octanol–water partition coefficient (Wildman–Crippen LogP) is 3.13. The maximum atomic E-state index is 5.42. The molecular formula is C17H26N2OS. The van der Waals surface area contributed by atoms with Crippen molar-refractivity contribution in [3.63, 3.8) is 0 Å². The molecule has 2 fully saturated rings. The van der Waals surface area contributed by atoms with Crippen LogP contribution in [0.15, 0.2) is 18.2 Å². The lowest BCUT2D eigenvalue weighted by atomic mass is 10.1. The molecule has 0 unspecified atom stereocenters. The van der Waals surface area contributed by atoms with Crippen molar-refractivity contribution < 1.29 is 4.74 Å². The second kappa shape index (κ2) is 7.52. The first kappa shape index (κ1) is 15.2. The summed E-state index contributed by atoms with van der Waals surface area (Å²) in [5.74, 6) is 2.59. The zero-order valence-electron chi connectivity index (χ0n) is 12.9. The molecule has 2 aliphatic heterocycles. The summed E-state index contributed by atoms with van der Waals surface area (Å²) in [6, 6.07) is 7.54. The van der Waals surface area contributed by atoms with Crippen LogP contribution in [0, 0.1) is 6.92 Å². The van der Waals surface area contributed by atoms with Gasteiger partial charge in [-0.1, -0.05) is 12.1 Å². The van der Waals surface area contributed by atoms with Gasteiger partial charge in [-0.05, 0) is 48.5 Å². The molecule has 3 nitrogen and oxygen atoms in total. The minimum absolute atomic E-state index is 0.656. The Morgan fingerprint density at radius 2 is 2.00 bits per heavy atom. The van der Waals surface area contributed by atoms with Crippen LogP contribution in [0.1, 0.15) is 24.0 Å². The zero-order chi connectivity index (χ0) is 14.5. The molecule has 4 heteroatoms. The third-order valence-electron chi connectivity index (χ3n) is 4.39. The highest BCUT2D eigenvalue weighted by atomic mass is 32.2. The fourth-order valence-electron chi connectivity index (χ4n) is 3.00. The molecule has 0 spiro atoms. The largest absolute Gasteiger partial charge is 0.382 e. The van der Waals surface area contributed by atoms with Gasteiger partial charge in [0.1, 0.15) is 0 Å². The lowest BCUT2D eigenvalue weighted by molar-refractivity contribution is 0.0342. The van der Waals surface area contributed by atoms with Crippen LogP contribution < -0.4 is 5.32 Å². The SMILES string of the molecule is Cc1ccc(CN2CCOCC2)cc1NC1CCSCC1. The summed E-state index contributed by atoms with van der Waals surface area (Å²) in [6.07, 6.45) is 2.58. The van der Waals surface area contributed by atoms with Gasteiger partial charge in [-0.25, -0.2) is 0 Å². The Morgan fingerprint density at radius 3 is 2.76 bits per heavy atom. The van der Waals surface area contributed by atoms with Gasteiger partial charge in [0.15, 0.2) is 0 Å². The van der Waals surface area contributed by atoms with Crippen molar-refractivity contribution in [2.24, 2.45) is 0 Å². The van der Waals surface area contributed by atoms with Crippen LogP contribution >= 0.6 is 11.8 Å². The van der Waals surface area contributed by atoms with Crippen LogP contribution in [0.25, 0.3) is 0 Å². The van der Waals surface area contributed by atoms with Gasteiger partial charge < -0.3 is 10.1 Å². The molecule has 1 aromatic rings. The monoisotopic (exact) mass is 306 g/mol. The molecule has 0 amide bonds. The van der Waals surface area contributed by atoms with E-state index >= 15 is 0 Å². The third kappa shape index (κ3) is 4.38. The second-order valence-corrected chi connectivity index (χ2v) is 7.29. The van der Waals surface area contributed by atoms with Crippen LogP contribution in [-0.4, -0.2) is 48.8 Å². The first-order valence-corrected chi connectivity index (χ1v) is 9.20. The molecule has 0 saturated carbocycles. The Hall–Kier alpha value is -0.710. The van der Waals surface area contributed by atoms with Gasteiger partial charge in [0.2, 0.25) is 0 Å². The molecule has 2 heterocycles. The summed E-state index contributed by atoms with van der Waals surface area (Å²) in [4.78, 5) is 2.48. The van der Waals surface area contributed by atoms with E-state index in [4.69, 9.17) is 4.74 Å². The molecule has 3 rings (SSSR count). The molecule has 116 valence electrons. The van der Waals surface area contributed by atoms with Crippen molar-refractivity contribution in [2.75, 3.05) is 43.1 Å².